The maximum absolute atomic E-state index is 10.4. The molecule has 1 heterocycles. The molecular weight excluding hydrogens is 166 g/mol. The summed E-state index contributed by atoms with van der Waals surface area (Å²) in [6.45, 7) is 5.85. The van der Waals surface area contributed by atoms with Crippen molar-refractivity contribution in [1.82, 2.24) is 0 Å². The Hall–Kier alpha value is -0.120. The largest absolute Gasteiger partial charge is 0.387 e. The zero-order valence-electron chi connectivity index (χ0n) is 8.62. The van der Waals surface area contributed by atoms with Gasteiger partial charge in [0.2, 0.25) is 0 Å². The van der Waals surface area contributed by atoms with Gasteiger partial charge in [0.05, 0.1) is 18.8 Å². The smallest absolute Gasteiger partial charge is 0.0969 e. The Kier molecular flexibility index (Phi) is 3.71. The Morgan fingerprint density at radius 2 is 2.31 bits per heavy atom. The zero-order valence-corrected chi connectivity index (χ0v) is 8.62. The lowest BCUT2D eigenvalue weighted by Gasteiger charge is -2.34. The van der Waals surface area contributed by atoms with Gasteiger partial charge in [-0.2, -0.15) is 0 Å². The normalized spacial score (nSPS) is 36.5. The minimum absolute atomic E-state index is 0.181. The third-order valence-corrected chi connectivity index (χ3v) is 3.34. The number of aliphatic hydroxyl groups is 1. The fourth-order valence-electron chi connectivity index (χ4n) is 2.27. The Morgan fingerprint density at radius 1 is 1.62 bits per heavy atom. The van der Waals surface area contributed by atoms with Gasteiger partial charge in [-0.1, -0.05) is 13.8 Å². The van der Waals surface area contributed by atoms with Crippen LogP contribution in [-0.2, 0) is 4.74 Å². The van der Waals surface area contributed by atoms with E-state index >= 15 is 0 Å². The van der Waals surface area contributed by atoms with Crippen molar-refractivity contribution in [3.05, 3.63) is 0 Å². The molecule has 0 aromatic heterocycles. The predicted octanol–water partition coefficient (Wildman–Crippen LogP) is 0.759. The number of hydrogen-bond donors (Lipinski definition) is 2. The summed E-state index contributed by atoms with van der Waals surface area (Å²) in [6.07, 6.45) is 1.89. The summed E-state index contributed by atoms with van der Waals surface area (Å²) in [5, 5.41) is 10.4. The Balaban J connectivity index is 2.71. The Morgan fingerprint density at radius 3 is 2.77 bits per heavy atom. The molecule has 3 unspecified atom stereocenters. The summed E-state index contributed by atoms with van der Waals surface area (Å²) in [6, 6.07) is 0. The average Bonchev–Trinajstić information content (AvgIpc) is 2.49. The maximum atomic E-state index is 10.4. The first-order chi connectivity index (χ1) is 6.19. The van der Waals surface area contributed by atoms with Gasteiger partial charge in [0.1, 0.15) is 0 Å². The molecule has 0 aromatic carbocycles. The minimum atomic E-state index is -0.668. The van der Waals surface area contributed by atoms with Crippen LogP contribution < -0.4 is 5.73 Å². The minimum Gasteiger partial charge on any atom is -0.387 e. The predicted molar refractivity (Wildman–Crippen MR) is 52.4 cm³/mol. The molecule has 1 aliphatic heterocycles. The topological polar surface area (TPSA) is 55.5 Å². The lowest BCUT2D eigenvalue weighted by molar-refractivity contribution is -0.0504. The zero-order chi connectivity index (χ0) is 9.90. The highest BCUT2D eigenvalue weighted by atomic mass is 16.5. The van der Waals surface area contributed by atoms with E-state index in [1.54, 1.807) is 0 Å². The van der Waals surface area contributed by atoms with Crippen LogP contribution in [0.25, 0.3) is 0 Å². The van der Waals surface area contributed by atoms with E-state index in [0.717, 1.165) is 12.8 Å². The number of ether oxygens (including phenoxy) is 1. The van der Waals surface area contributed by atoms with Crippen LogP contribution >= 0.6 is 0 Å². The molecule has 1 fully saturated rings. The quantitative estimate of drug-likeness (QED) is 0.683. The van der Waals surface area contributed by atoms with Gasteiger partial charge in [0, 0.05) is 11.8 Å². The van der Waals surface area contributed by atoms with E-state index in [4.69, 9.17) is 10.5 Å². The highest BCUT2D eigenvalue weighted by Gasteiger charge is 2.45. The molecule has 0 aliphatic carbocycles. The SMILES string of the molecule is CCC(CN)C1(O)COCC1CC. The van der Waals surface area contributed by atoms with Crippen molar-refractivity contribution in [3.8, 4) is 0 Å². The van der Waals surface area contributed by atoms with E-state index in [0.29, 0.717) is 19.8 Å². The summed E-state index contributed by atoms with van der Waals surface area (Å²) in [5.74, 6) is 0.445. The van der Waals surface area contributed by atoms with Crippen molar-refractivity contribution in [2.24, 2.45) is 17.6 Å². The molecule has 0 radical (unpaired) electrons. The third kappa shape index (κ3) is 1.87. The molecule has 1 aliphatic rings. The molecule has 13 heavy (non-hydrogen) atoms. The van der Waals surface area contributed by atoms with E-state index in [1.807, 2.05) is 0 Å². The molecule has 0 spiro atoms. The van der Waals surface area contributed by atoms with Gasteiger partial charge in [-0.3, -0.25) is 0 Å². The summed E-state index contributed by atoms with van der Waals surface area (Å²) in [4.78, 5) is 0. The van der Waals surface area contributed by atoms with Crippen LogP contribution in [-0.4, -0.2) is 30.5 Å². The second-order valence-electron chi connectivity index (χ2n) is 3.95. The van der Waals surface area contributed by atoms with Crippen LogP contribution in [0.1, 0.15) is 26.7 Å². The van der Waals surface area contributed by atoms with Gasteiger partial charge in [-0.25, -0.2) is 0 Å². The highest BCUT2D eigenvalue weighted by molar-refractivity contribution is 4.95. The third-order valence-electron chi connectivity index (χ3n) is 3.34. The van der Waals surface area contributed by atoms with Crippen molar-refractivity contribution >= 4 is 0 Å². The van der Waals surface area contributed by atoms with Gasteiger partial charge in [0.15, 0.2) is 0 Å². The molecule has 3 heteroatoms. The summed E-state index contributed by atoms with van der Waals surface area (Å²) >= 11 is 0. The first-order valence-corrected chi connectivity index (χ1v) is 5.19. The summed E-state index contributed by atoms with van der Waals surface area (Å²) in [5.41, 5.74) is 4.98. The summed E-state index contributed by atoms with van der Waals surface area (Å²) < 4.78 is 5.34. The molecule has 3 atom stereocenters. The first-order valence-electron chi connectivity index (χ1n) is 5.19. The molecular formula is C10H21NO2. The first kappa shape index (κ1) is 11.0. The summed E-state index contributed by atoms with van der Waals surface area (Å²) in [7, 11) is 0. The van der Waals surface area contributed by atoms with Crippen molar-refractivity contribution in [2.75, 3.05) is 19.8 Å². The van der Waals surface area contributed by atoms with E-state index in [-0.39, 0.29) is 11.8 Å². The fraction of sp³-hybridized carbons (Fsp3) is 1.00. The van der Waals surface area contributed by atoms with Crippen molar-refractivity contribution in [1.29, 1.82) is 0 Å². The van der Waals surface area contributed by atoms with Crippen LogP contribution in [0.2, 0.25) is 0 Å². The van der Waals surface area contributed by atoms with Crippen LogP contribution in [0.3, 0.4) is 0 Å². The monoisotopic (exact) mass is 187 g/mol. The molecule has 0 bridgehead atoms. The van der Waals surface area contributed by atoms with Crippen LogP contribution in [0, 0.1) is 11.8 Å². The molecule has 0 aromatic rings. The average molecular weight is 187 g/mol. The standard InChI is InChI=1S/C10H21NO2/c1-3-8(5-11)10(12)7-13-6-9(10)4-2/h8-9,12H,3-7,11H2,1-2H3. The Labute approximate surface area is 80.3 Å². The second kappa shape index (κ2) is 4.40. The second-order valence-corrected chi connectivity index (χ2v) is 3.95. The van der Waals surface area contributed by atoms with Gasteiger partial charge in [-0.15, -0.1) is 0 Å². The number of nitrogens with two attached hydrogens (primary N) is 1. The molecule has 78 valence electrons. The van der Waals surface area contributed by atoms with Crippen LogP contribution in [0.4, 0.5) is 0 Å². The van der Waals surface area contributed by atoms with Crippen molar-refractivity contribution in [3.63, 3.8) is 0 Å². The number of hydrogen-bond acceptors (Lipinski definition) is 3. The van der Waals surface area contributed by atoms with Crippen LogP contribution in [0.15, 0.2) is 0 Å². The lowest BCUT2D eigenvalue weighted by atomic mass is 9.77. The number of rotatable bonds is 4. The molecule has 0 amide bonds. The molecule has 1 saturated heterocycles. The maximum Gasteiger partial charge on any atom is 0.0969 e. The molecule has 3 N–H and O–H groups in total. The van der Waals surface area contributed by atoms with Crippen LogP contribution in [0.5, 0.6) is 0 Å². The lowest BCUT2D eigenvalue weighted by Crippen LogP contribution is -2.47. The fourth-order valence-corrected chi connectivity index (χ4v) is 2.27. The molecule has 0 saturated carbocycles. The van der Waals surface area contributed by atoms with Gasteiger partial charge in [0.25, 0.3) is 0 Å². The van der Waals surface area contributed by atoms with Gasteiger partial charge in [-0.05, 0) is 19.4 Å². The van der Waals surface area contributed by atoms with Gasteiger partial charge < -0.3 is 15.6 Å². The van der Waals surface area contributed by atoms with Gasteiger partial charge >= 0.3 is 0 Å². The highest BCUT2D eigenvalue weighted by Crippen LogP contribution is 2.35. The van der Waals surface area contributed by atoms with Crippen molar-refractivity contribution in [2.45, 2.75) is 32.3 Å². The van der Waals surface area contributed by atoms with E-state index < -0.39 is 5.60 Å². The van der Waals surface area contributed by atoms with E-state index in [9.17, 15) is 5.11 Å². The Bertz CT molecular complexity index is 159. The molecule has 3 nitrogen and oxygen atoms in total. The van der Waals surface area contributed by atoms with E-state index in [1.165, 1.54) is 0 Å². The van der Waals surface area contributed by atoms with Crippen molar-refractivity contribution < 1.29 is 9.84 Å². The molecule has 1 rings (SSSR count). The van der Waals surface area contributed by atoms with E-state index in [2.05, 4.69) is 13.8 Å².